The normalized spacial score (nSPS) is 10.5. The first-order valence-corrected chi connectivity index (χ1v) is 5.17. The Hall–Kier alpha value is -1.25. The van der Waals surface area contributed by atoms with Crippen molar-refractivity contribution in [2.24, 2.45) is 0 Å². The lowest BCUT2D eigenvalue weighted by Crippen LogP contribution is -2.34. The van der Waals surface area contributed by atoms with Gasteiger partial charge in [0.15, 0.2) is 5.69 Å². The standard InChI is InChI=1S/C11H18N2O/c1-4-8-9(5-2)11(6-3)13(14)7-10(8)12/h7H,4-6,12H2,1-3H3. The number of nitrogen functional groups attached to an aromatic ring is 1. The van der Waals surface area contributed by atoms with Gasteiger partial charge in [0.1, 0.15) is 5.69 Å². The summed E-state index contributed by atoms with van der Waals surface area (Å²) in [6.45, 7) is 6.13. The lowest BCUT2D eigenvalue weighted by molar-refractivity contribution is -0.613. The van der Waals surface area contributed by atoms with Gasteiger partial charge in [0.25, 0.3) is 0 Å². The zero-order valence-electron chi connectivity index (χ0n) is 9.13. The molecule has 14 heavy (non-hydrogen) atoms. The number of nitrogens with zero attached hydrogens (tertiary/aromatic N) is 1. The van der Waals surface area contributed by atoms with E-state index in [2.05, 4.69) is 13.8 Å². The van der Waals surface area contributed by atoms with Crippen LogP contribution in [0.1, 0.15) is 37.6 Å². The predicted molar refractivity (Wildman–Crippen MR) is 57.9 cm³/mol. The molecule has 0 radical (unpaired) electrons. The van der Waals surface area contributed by atoms with Crippen LogP contribution in [0.3, 0.4) is 0 Å². The van der Waals surface area contributed by atoms with Gasteiger partial charge in [-0.05, 0) is 18.4 Å². The average Bonchev–Trinajstić information content (AvgIpc) is 2.16. The van der Waals surface area contributed by atoms with Crippen molar-refractivity contribution < 1.29 is 4.73 Å². The summed E-state index contributed by atoms with van der Waals surface area (Å²) in [5, 5.41) is 11.6. The summed E-state index contributed by atoms with van der Waals surface area (Å²) in [7, 11) is 0. The maximum absolute atomic E-state index is 11.6. The Bertz CT molecular complexity index is 306. The van der Waals surface area contributed by atoms with Crippen molar-refractivity contribution in [1.29, 1.82) is 0 Å². The van der Waals surface area contributed by atoms with Crippen molar-refractivity contribution >= 4 is 5.69 Å². The molecule has 0 bridgehead atoms. The van der Waals surface area contributed by atoms with Crippen LogP contribution >= 0.6 is 0 Å². The van der Waals surface area contributed by atoms with E-state index in [0.717, 1.165) is 40.8 Å². The second-order valence-electron chi connectivity index (χ2n) is 3.37. The summed E-state index contributed by atoms with van der Waals surface area (Å²) < 4.78 is 0.910. The molecule has 0 unspecified atom stereocenters. The van der Waals surface area contributed by atoms with Gasteiger partial charge in [0.05, 0.1) is 0 Å². The summed E-state index contributed by atoms with van der Waals surface area (Å²) in [5.41, 5.74) is 9.56. The van der Waals surface area contributed by atoms with Crippen molar-refractivity contribution in [2.45, 2.75) is 40.0 Å². The number of anilines is 1. The van der Waals surface area contributed by atoms with E-state index in [1.807, 2.05) is 6.92 Å². The Kier molecular flexibility index (Phi) is 3.33. The minimum atomic E-state index is 0.622. The average molecular weight is 194 g/mol. The molecule has 1 aromatic heterocycles. The van der Waals surface area contributed by atoms with Gasteiger partial charge in [0, 0.05) is 12.0 Å². The lowest BCUT2D eigenvalue weighted by Gasteiger charge is -2.13. The molecule has 0 amide bonds. The van der Waals surface area contributed by atoms with E-state index in [-0.39, 0.29) is 0 Å². The summed E-state index contributed by atoms with van der Waals surface area (Å²) in [4.78, 5) is 0. The Morgan fingerprint density at radius 1 is 1.14 bits per heavy atom. The second kappa shape index (κ2) is 4.31. The molecule has 0 saturated heterocycles. The zero-order chi connectivity index (χ0) is 10.7. The fourth-order valence-electron chi connectivity index (χ4n) is 1.97. The van der Waals surface area contributed by atoms with Crippen LogP contribution in [0.5, 0.6) is 0 Å². The quantitative estimate of drug-likeness (QED) is 0.587. The van der Waals surface area contributed by atoms with Crippen LogP contribution in [0, 0.1) is 5.21 Å². The van der Waals surface area contributed by atoms with E-state index < -0.39 is 0 Å². The molecular formula is C11H18N2O. The third-order valence-corrected chi connectivity index (χ3v) is 2.63. The minimum absolute atomic E-state index is 0.622. The molecule has 1 heterocycles. The molecule has 0 aliphatic rings. The van der Waals surface area contributed by atoms with Gasteiger partial charge < -0.3 is 10.9 Å². The highest BCUT2D eigenvalue weighted by Gasteiger charge is 2.16. The smallest absolute Gasteiger partial charge is 0.203 e. The predicted octanol–water partition coefficient (Wildman–Crippen LogP) is 1.59. The zero-order valence-corrected chi connectivity index (χ0v) is 9.13. The summed E-state index contributed by atoms with van der Waals surface area (Å²) in [6, 6.07) is 0. The Morgan fingerprint density at radius 3 is 2.14 bits per heavy atom. The van der Waals surface area contributed by atoms with E-state index in [1.54, 1.807) is 0 Å². The van der Waals surface area contributed by atoms with Crippen molar-refractivity contribution in [3.05, 3.63) is 28.2 Å². The van der Waals surface area contributed by atoms with E-state index in [9.17, 15) is 5.21 Å². The van der Waals surface area contributed by atoms with E-state index >= 15 is 0 Å². The van der Waals surface area contributed by atoms with Crippen LogP contribution in [-0.4, -0.2) is 0 Å². The third kappa shape index (κ3) is 1.67. The van der Waals surface area contributed by atoms with Crippen LogP contribution in [0.25, 0.3) is 0 Å². The Balaban J connectivity index is 3.43. The van der Waals surface area contributed by atoms with Gasteiger partial charge in [-0.1, -0.05) is 20.8 Å². The molecule has 1 rings (SSSR count). The number of nitrogens with two attached hydrogens (primary N) is 1. The number of hydrogen-bond acceptors (Lipinski definition) is 2. The lowest BCUT2D eigenvalue weighted by atomic mass is 9.99. The van der Waals surface area contributed by atoms with Gasteiger partial charge in [0.2, 0.25) is 6.20 Å². The highest BCUT2D eigenvalue weighted by Crippen LogP contribution is 2.19. The van der Waals surface area contributed by atoms with Crippen molar-refractivity contribution in [1.82, 2.24) is 0 Å². The SMILES string of the molecule is CCc1c(N)c[n+]([O-])c(CC)c1CC. The minimum Gasteiger partial charge on any atom is -0.618 e. The molecular weight excluding hydrogens is 176 g/mol. The molecule has 3 nitrogen and oxygen atoms in total. The van der Waals surface area contributed by atoms with Crippen molar-refractivity contribution in [3.63, 3.8) is 0 Å². The van der Waals surface area contributed by atoms with Crippen molar-refractivity contribution in [3.8, 4) is 0 Å². The highest BCUT2D eigenvalue weighted by atomic mass is 16.5. The van der Waals surface area contributed by atoms with Crippen LogP contribution < -0.4 is 10.5 Å². The van der Waals surface area contributed by atoms with Crippen LogP contribution in [0.2, 0.25) is 0 Å². The van der Waals surface area contributed by atoms with E-state index in [4.69, 9.17) is 5.73 Å². The van der Waals surface area contributed by atoms with Gasteiger partial charge in [-0.3, -0.25) is 0 Å². The summed E-state index contributed by atoms with van der Waals surface area (Å²) in [6.07, 6.45) is 4.01. The molecule has 0 saturated carbocycles. The molecule has 0 aliphatic heterocycles. The Labute approximate surface area is 85.1 Å². The van der Waals surface area contributed by atoms with Gasteiger partial charge in [-0.25, -0.2) is 0 Å². The largest absolute Gasteiger partial charge is 0.618 e. The first-order valence-electron chi connectivity index (χ1n) is 5.17. The summed E-state index contributed by atoms with van der Waals surface area (Å²) >= 11 is 0. The maximum atomic E-state index is 11.6. The monoisotopic (exact) mass is 194 g/mol. The molecule has 0 spiro atoms. The van der Waals surface area contributed by atoms with Gasteiger partial charge in [-0.2, -0.15) is 4.73 Å². The van der Waals surface area contributed by atoms with Crippen LogP contribution in [-0.2, 0) is 19.3 Å². The highest BCUT2D eigenvalue weighted by molar-refractivity contribution is 5.48. The molecule has 0 atom stereocenters. The number of aromatic nitrogens is 1. The van der Waals surface area contributed by atoms with E-state index in [1.165, 1.54) is 6.20 Å². The topological polar surface area (TPSA) is 53.0 Å². The van der Waals surface area contributed by atoms with Gasteiger partial charge in [-0.15, -0.1) is 0 Å². The molecule has 1 aromatic rings. The Morgan fingerprint density at radius 2 is 1.71 bits per heavy atom. The number of rotatable bonds is 3. The molecule has 0 aromatic carbocycles. The molecule has 3 heteroatoms. The molecule has 2 N–H and O–H groups in total. The fraction of sp³-hybridized carbons (Fsp3) is 0.545. The second-order valence-corrected chi connectivity index (χ2v) is 3.37. The molecule has 78 valence electrons. The number of pyridine rings is 1. The summed E-state index contributed by atoms with van der Waals surface area (Å²) in [5.74, 6) is 0. The third-order valence-electron chi connectivity index (χ3n) is 2.63. The van der Waals surface area contributed by atoms with Crippen LogP contribution in [0.4, 0.5) is 5.69 Å². The number of hydrogen-bond donors (Lipinski definition) is 1. The molecule has 0 fully saturated rings. The fourth-order valence-corrected chi connectivity index (χ4v) is 1.97. The van der Waals surface area contributed by atoms with Crippen molar-refractivity contribution in [2.75, 3.05) is 5.73 Å². The first kappa shape index (κ1) is 10.8. The maximum Gasteiger partial charge on any atom is 0.203 e. The van der Waals surface area contributed by atoms with E-state index in [0.29, 0.717) is 5.69 Å². The van der Waals surface area contributed by atoms with Gasteiger partial charge >= 0.3 is 0 Å². The molecule has 0 aliphatic carbocycles. The first-order chi connectivity index (χ1) is 6.65. The van der Waals surface area contributed by atoms with Crippen LogP contribution in [0.15, 0.2) is 6.20 Å².